The zero-order valence-corrected chi connectivity index (χ0v) is 14.4. The van der Waals surface area contributed by atoms with Crippen LogP contribution in [0, 0.1) is 8.99 Å². The van der Waals surface area contributed by atoms with Crippen LogP contribution in [0.5, 0.6) is 0 Å². The van der Waals surface area contributed by atoms with Crippen molar-refractivity contribution in [3.63, 3.8) is 0 Å². The van der Waals surface area contributed by atoms with Crippen molar-refractivity contribution in [3.8, 4) is 0 Å². The van der Waals surface area contributed by atoms with Crippen molar-refractivity contribution in [2.45, 2.75) is 31.7 Å². The number of rotatable bonds is 6. The average molecular weight is 405 g/mol. The largest absolute Gasteiger partial charge is 0.385 e. The monoisotopic (exact) mass is 404 g/mol. The van der Waals surface area contributed by atoms with E-state index in [1.165, 1.54) is 21.9 Å². The highest BCUT2D eigenvalue weighted by Gasteiger charge is 2.42. The van der Waals surface area contributed by atoms with Crippen molar-refractivity contribution in [3.05, 3.63) is 27.6 Å². The van der Waals surface area contributed by atoms with Gasteiger partial charge in [0, 0.05) is 23.8 Å². The average Bonchev–Trinajstić information content (AvgIpc) is 3.13. The van der Waals surface area contributed by atoms with Crippen molar-refractivity contribution in [2.24, 2.45) is 5.41 Å². The van der Waals surface area contributed by atoms with Gasteiger partial charge in [-0.25, -0.2) is 4.98 Å². The van der Waals surface area contributed by atoms with Crippen LogP contribution in [-0.2, 0) is 17.2 Å². The summed E-state index contributed by atoms with van der Waals surface area (Å²) >= 11 is 8.41. The second-order valence-corrected chi connectivity index (χ2v) is 7.14. The predicted octanol–water partition coefficient (Wildman–Crippen LogP) is 4.20. The van der Waals surface area contributed by atoms with E-state index in [2.05, 4.69) is 50.3 Å². The summed E-state index contributed by atoms with van der Waals surface area (Å²) in [6.45, 7) is 1.84. The van der Waals surface area contributed by atoms with Gasteiger partial charge >= 0.3 is 0 Å². The van der Waals surface area contributed by atoms with E-state index in [0.29, 0.717) is 11.3 Å². The zero-order chi connectivity index (χ0) is 14.2. The van der Waals surface area contributed by atoms with E-state index in [9.17, 15) is 0 Å². The molecule has 0 amide bonds. The van der Waals surface area contributed by atoms with Crippen LogP contribution in [0.25, 0.3) is 11.0 Å². The normalized spacial score (nSPS) is 16.8. The maximum Gasteiger partial charge on any atom is 0.124 e. The highest BCUT2D eigenvalue weighted by atomic mass is 127. The maximum atomic E-state index is 6.09. The van der Waals surface area contributed by atoms with Crippen LogP contribution in [0.4, 0.5) is 0 Å². The summed E-state index contributed by atoms with van der Waals surface area (Å²) in [6.07, 6.45) is 3.68. The molecule has 1 aliphatic carbocycles. The Morgan fingerprint density at radius 1 is 1.45 bits per heavy atom. The minimum Gasteiger partial charge on any atom is -0.385 e. The smallest absolute Gasteiger partial charge is 0.124 e. The Balaban J connectivity index is 1.94. The standard InChI is InChI=1S/C15H18ClIN2O/c1-20-7-6-15(4-5-15)10-19-13-3-2-11(17)8-12(13)18-14(19)9-16/h2-3,8H,4-7,9-10H2,1H3. The van der Waals surface area contributed by atoms with Gasteiger partial charge in [-0.05, 0) is 65.5 Å². The Bertz CT molecular complexity index is 622. The van der Waals surface area contributed by atoms with Crippen LogP contribution in [-0.4, -0.2) is 23.3 Å². The summed E-state index contributed by atoms with van der Waals surface area (Å²) in [5.74, 6) is 1.44. The van der Waals surface area contributed by atoms with E-state index >= 15 is 0 Å². The third-order valence-electron chi connectivity index (χ3n) is 4.20. The lowest BCUT2D eigenvalue weighted by atomic mass is 10.0. The number of imidazole rings is 1. The number of aromatic nitrogens is 2. The van der Waals surface area contributed by atoms with E-state index in [1.807, 2.05) is 0 Å². The molecule has 0 radical (unpaired) electrons. The van der Waals surface area contributed by atoms with Gasteiger partial charge in [0.05, 0.1) is 16.9 Å². The molecule has 0 atom stereocenters. The van der Waals surface area contributed by atoms with Crippen LogP contribution >= 0.6 is 34.2 Å². The second kappa shape index (κ2) is 5.81. The fourth-order valence-electron chi connectivity index (χ4n) is 2.75. The lowest BCUT2D eigenvalue weighted by Gasteiger charge is -2.17. The summed E-state index contributed by atoms with van der Waals surface area (Å²) < 4.78 is 8.76. The van der Waals surface area contributed by atoms with E-state index in [-0.39, 0.29) is 0 Å². The van der Waals surface area contributed by atoms with Crippen LogP contribution in [0.2, 0.25) is 0 Å². The molecule has 1 aromatic heterocycles. The van der Waals surface area contributed by atoms with Gasteiger partial charge in [-0.3, -0.25) is 0 Å². The van der Waals surface area contributed by atoms with Gasteiger partial charge in [0.2, 0.25) is 0 Å². The van der Waals surface area contributed by atoms with Gasteiger partial charge in [0.1, 0.15) is 5.82 Å². The highest BCUT2D eigenvalue weighted by molar-refractivity contribution is 14.1. The SMILES string of the molecule is COCCC1(Cn2c(CCl)nc3cc(I)ccc32)CC1. The summed E-state index contributed by atoms with van der Waals surface area (Å²) in [5.41, 5.74) is 2.65. The van der Waals surface area contributed by atoms with E-state index in [1.54, 1.807) is 7.11 Å². The van der Waals surface area contributed by atoms with E-state index < -0.39 is 0 Å². The highest BCUT2D eigenvalue weighted by Crippen LogP contribution is 2.50. The maximum absolute atomic E-state index is 6.09. The molecule has 2 aromatic rings. The molecule has 1 aromatic carbocycles. The number of alkyl halides is 1. The van der Waals surface area contributed by atoms with Gasteiger partial charge in [-0.1, -0.05) is 0 Å². The third-order valence-corrected chi connectivity index (χ3v) is 5.11. The minimum atomic E-state index is 0.396. The summed E-state index contributed by atoms with van der Waals surface area (Å²) in [5, 5.41) is 0. The van der Waals surface area contributed by atoms with Crippen LogP contribution < -0.4 is 0 Å². The van der Waals surface area contributed by atoms with E-state index in [4.69, 9.17) is 16.3 Å². The molecule has 3 rings (SSSR count). The number of hydrogen-bond donors (Lipinski definition) is 0. The first-order chi connectivity index (χ1) is 9.67. The third kappa shape index (κ3) is 2.83. The predicted molar refractivity (Wildman–Crippen MR) is 90.2 cm³/mol. The van der Waals surface area contributed by atoms with Crippen molar-refractivity contribution in [1.82, 2.24) is 9.55 Å². The molecule has 0 spiro atoms. The molecular weight excluding hydrogens is 387 g/mol. The molecule has 5 heteroatoms. The molecule has 1 fully saturated rings. The zero-order valence-electron chi connectivity index (χ0n) is 11.5. The molecule has 0 bridgehead atoms. The Labute approximate surface area is 137 Å². The molecule has 1 saturated carbocycles. The Morgan fingerprint density at radius 2 is 2.25 bits per heavy atom. The molecule has 0 unspecified atom stereocenters. The van der Waals surface area contributed by atoms with Gasteiger partial charge in [-0.2, -0.15) is 0 Å². The van der Waals surface area contributed by atoms with Crippen molar-refractivity contribution in [2.75, 3.05) is 13.7 Å². The number of fused-ring (bicyclic) bond motifs is 1. The molecule has 1 aliphatic rings. The van der Waals surface area contributed by atoms with Gasteiger partial charge in [-0.15, -0.1) is 11.6 Å². The number of nitrogens with zero attached hydrogens (tertiary/aromatic N) is 2. The van der Waals surface area contributed by atoms with E-state index in [0.717, 1.165) is 30.9 Å². The lowest BCUT2D eigenvalue weighted by molar-refractivity contribution is 0.167. The molecule has 0 saturated heterocycles. The molecule has 0 N–H and O–H groups in total. The van der Waals surface area contributed by atoms with Crippen molar-refractivity contribution in [1.29, 1.82) is 0 Å². The number of benzene rings is 1. The van der Waals surface area contributed by atoms with Crippen LogP contribution in [0.1, 0.15) is 25.1 Å². The van der Waals surface area contributed by atoms with Gasteiger partial charge < -0.3 is 9.30 Å². The number of methoxy groups -OCH3 is 1. The summed E-state index contributed by atoms with van der Waals surface area (Å²) in [7, 11) is 1.77. The molecule has 1 heterocycles. The molecule has 20 heavy (non-hydrogen) atoms. The summed E-state index contributed by atoms with van der Waals surface area (Å²) in [6, 6.07) is 6.41. The lowest BCUT2D eigenvalue weighted by Crippen LogP contribution is -2.15. The first kappa shape index (κ1) is 14.6. The second-order valence-electron chi connectivity index (χ2n) is 5.62. The Hall–Kier alpha value is -0.330. The Morgan fingerprint density at radius 3 is 2.90 bits per heavy atom. The fraction of sp³-hybridized carbons (Fsp3) is 0.533. The van der Waals surface area contributed by atoms with Gasteiger partial charge in [0.15, 0.2) is 0 Å². The molecule has 108 valence electrons. The Kier molecular flexibility index (Phi) is 4.24. The topological polar surface area (TPSA) is 27.1 Å². The van der Waals surface area contributed by atoms with Crippen LogP contribution in [0.3, 0.4) is 0 Å². The first-order valence-electron chi connectivity index (χ1n) is 6.87. The number of halogens is 2. The van der Waals surface area contributed by atoms with Gasteiger partial charge in [0.25, 0.3) is 0 Å². The first-order valence-corrected chi connectivity index (χ1v) is 8.48. The minimum absolute atomic E-state index is 0.396. The molecule has 3 nitrogen and oxygen atoms in total. The fourth-order valence-corrected chi connectivity index (χ4v) is 3.43. The quantitative estimate of drug-likeness (QED) is 0.533. The van der Waals surface area contributed by atoms with Crippen molar-refractivity contribution < 1.29 is 4.74 Å². The number of ether oxygens (including phenoxy) is 1. The molecular formula is C15H18ClIN2O. The number of hydrogen-bond acceptors (Lipinski definition) is 2. The van der Waals surface area contributed by atoms with Crippen molar-refractivity contribution >= 4 is 45.2 Å². The van der Waals surface area contributed by atoms with Crippen LogP contribution in [0.15, 0.2) is 18.2 Å². The summed E-state index contributed by atoms with van der Waals surface area (Å²) in [4.78, 5) is 4.68. The molecule has 0 aliphatic heterocycles.